The number of alkyl halides is 3. The second-order valence-corrected chi connectivity index (χ2v) is 6.59. The van der Waals surface area contributed by atoms with Crippen molar-refractivity contribution in [3.05, 3.63) is 35.9 Å². The van der Waals surface area contributed by atoms with Gasteiger partial charge in [-0.1, -0.05) is 31.0 Å². The van der Waals surface area contributed by atoms with E-state index in [1.54, 1.807) is 18.2 Å². The van der Waals surface area contributed by atoms with Gasteiger partial charge in [-0.15, -0.1) is 0 Å². The van der Waals surface area contributed by atoms with Gasteiger partial charge in [0.15, 0.2) is 0 Å². The molecule has 1 N–H and O–H groups in total. The van der Waals surface area contributed by atoms with Gasteiger partial charge in [0.25, 0.3) is 11.6 Å². The molecule has 1 saturated carbocycles. The molecule has 2 atom stereocenters. The van der Waals surface area contributed by atoms with Crippen LogP contribution in [0.25, 0.3) is 0 Å². The minimum Gasteiger partial charge on any atom is -0.361 e. The molecule has 130 valence electrons. The maximum absolute atomic E-state index is 13.9. The number of hydrogen-bond donors (Lipinski definition) is 1. The molecule has 1 heterocycles. The Hall–Kier alpha value is -1.89. The summed E-state index contributed by atoms with van der Waals surface area (Å²) in [6.45, 7) is 1.36. The summed E-state index contributed by atoms with van der Waals surface area (Å²) in [5, 5.41) is 15.0. The molecule has 0 spiro atoms. The normalized spacial score (nSPS) is 30.5. The van der Waals surface area contributed by atoms with Gasteiger partial charge in [-0.2, -0.15) is 23.3 Å². The van der Waals surface area contributed by atoms with Crippen LogP contribution in [0.4, 0.5) is 13.2 Å². The summed E-state index contributed by atoms with van der Waals surface area (Å²) in [6, 6.07) is 7.60. The molecule has 4 nitrogen and oxygen atoms in total. The number of carbonyl (C=O) groups is 1. The van der Waals surface area contributed by atoms with Crippen molar-refractivity contribution in [1.82, 2.24) is 5.01 Å². The standard InChI is InChI=1S/C17H19F3N2O2/c1-15-11-7-3-6-10-13(15)21-22(16(15,24)17(18,19)20)14(23)12-8-4-2-5-9-12/h2,4-5,8-9,24H,3,6-7,10-11H2,1H3/t15-,16+/m0/s1. The first-order chi connectivity index (χ1) is 11.2. The largest absolute Gasteiger partial charge is 0.439 e. The lowest BCUT2D eigenvalue weighted by Gasteiger charge is -2.43. The van der Waals surface area contributed by atoms with Crippen LogP contribution in [0.1, 0.15) is 49.4 Å². The van der Waals surface area contributed by atoms with E-state index in [2.05, 4.69) is 5.10 Å². The van der Waals surface area contributed by atoms with Crippen LogP contribution < -0.4 is 0 Å². The van der Waals surface area contributed by atoms with Crippen molar-refractivity contribution in [2.45, 2.75) is 50.9 Å². The Morgan fingerprint density at radius 3 is 2.50 bits per heavy atom. The number of hydrogen-bond acceptors (Lipinski definition) is 3. The van der Waals surface area contributed by atoms with Gasteiger partial charge in [-0.05, 0) is 38.3 Å². The van der Waals surface area contributed by atoms with E-state index >= 15 is 0 Å². The van der Waals surface area contributed by atoms with Gasteiger partial charge in [-0.3, -0.25) is 4.79 Å². The van der Waals surface area contributed by atoms with Crippen LogP contribution in [-0.4, -0.2) is 33.6 Å². The number of carbonyl (C=O) groups excluding carboxylic acids is 1. The Labute approximate surface area is 138 Å². The van der Waals surface area contributed by atoms with Crippen molar-refractivity contribution >= 4 is 11.6 Å². The number of amides is 1. The second kappa shape index (κ2) is 5.58. The van der Waals surface area contributed by atoms with E-state index < -0.39 is 23.2 Å². The maximum Gasteiger partial charge on any atom is 0.439 e. The lowest BCUT2D eigenvalue weighted by atomic mass is 9.72. The van der Waals surface area contributed by atoms with Crippen LogP contribution in [-0.2, 0) is 0 Å². The van der Waals surface area contributed by atoms with Gasteiger partial charge in [0.2, 0.25) is 0 Å². The van der Waals surface area contributed by atoms with E-state index in [1.807, 2.05) is 0 Å². The van der Waals surface area contributed by atoms with Gasteiger partial charge in [0, 0.05) is 11.3 Å². The highest BCUT2D eigenvalue weighted by molar-refractivity contribution is 6.00. The van der Waals surface area contributed by atoms with Crippen molar-refractivity contribution < 1.29 is 23.1 Å². The number of hydrazone groups is 1. The van der Waals surface area contributed by atoms with Gasteiger partial charge in [0.1, 0.15) is 0 Å². The molecule has 24 heavy (non-hydrogen) atoms. The molecule has 2 aliphatic rings. The van der Waals surface area contributed by atoms with Gasteiger partial charge in [0.05, 0.1) is 5.41 Å². The number of aliphatic hydroxyl groups is 1. The first kappa shape index (κ1) is 17.0. The Morgan fingerprint density at radius 2 is 1.88 bits per heavy atom. The number of fused-ring (bicyclic) bond motifs is 1. The molecule has 1 aliphatic carbocycles. The third-order valence-electron chi connectivity index (χ3n) is 5.13. The summed E-state index contributed by atoms with van der Waals surface area (Å²) in [5.74, 6) is -0.947. The molecule has 1 fully saturated rings. The van der Waals surface area contributed by atoms with Crippen LogP contribution in [0.2, 0.25) is 0 Å². The monoisotopic (exact) mass is 340 g/mol. The van der Waals surface area contributed by atoms with Crippen LogP contribution >= 0.6 is 0 Å². The van der Waals surface area contributed by atoms with Gasteiger partial charge in [-0.25, -0.2) is 0 Å². The molecule has 1 aromatic rings. The van der Waals surface area contributed by atoms with Crippen LogP contribution in [0.5, 0.6) is 0 Å². The molecular formula is C17H19F3N2O2. The lowest BCUT2D eigenvalue weighted by molar-refractivity contribution is -0.328. The fourth-order valence-electron chi connectivity index (χ4n) is 3.66. The van der Waals surface area contributed by atoms with Crippen molar-refractivity contribution in [3.8, 4) is 0 Å². The Bertz CT molecular complexity index is 674. The average Bonchev–Trinajstić information content (AvgIpc) is 2.66. The molecule has 1 aliphatic heterocycles. The van der Waals surface area contributed by atoms with E-state index in [0.29, 0.717) is 19.3 Å². The molecular weight excluding hydrogens is 321 g/mol. The Kier molecular flexibility index (Phi) is 3.94. The molecule has 0 aromatic heterocycles. The molecule has 1 amide bonds. The highest BCUT2D eigenvalue weighted by Crippen LogP contribution is 2.55. The van der Waals surface area contributed by atoms with E-state index in [4.69, 9.17) is 0 Å². The first-order valence-electron chi connectivity index (χ1n) is 7.98. The summed E-state index contributed by atoms with van der Waals surface area (Å²) in [7, 11) is 0. The molecule has 0 unspecified atom stereocenters. The zero-order chi connectivity index (χ0) is 17.6. The first-order valence-corrected chi connectivity index (χ1v) is 7.98. The molecule has 0 radical (unpaired) electrons. The fraction of sp³-hybridized carbons (Fsp3) is 0.529. The Balaban J connectivity index is 2.12. The van der Waals surface area contributed by atoms with Gasteiger partial charge < -0.3 is 5.11 Å². The zero-order valence-corrected chi connectivity index (χ0v) is 13.3. The van der Waals surface area contributed by atoms with E-state index in [9.17, 15) is 23.1 Å². The minimum atomic E-state index is -5.01. The number of nitrogens with zero attached hydrogens (tertiary/aromatic N) is 2. The summed E-state index contributed by atoms with van der Waals surface area (Å²) in [4.78, 5) is 12.6. The molecule has 7 heteroatoms. The van der Waals surface area contributed by atoms with E-state index in [1.165, 1.54) is 19.1 Å². The fourth-order valence-corrected chi connectivity index (χ4v) is 3.66. The molecule has 1 aromatic carbocycles. The zero-order valence-electron chi connectivity index (χ0n) is 13.3. The lowest BCUT2D eigenvalue weighted by Crippen LogP contribution is -2.65. The summed E-state index contributed by atoms with van der Waals surface area (Å²) >= 11 is 0. The van der Waals surface area contributed by atoms with E-state index in [-0.39, 0.29) is 22.7 Å². The van der Waals surface area contributed by atoms with Crippen molar-refractivity contribution in [3.63, 3.8) is 0 Å². The number of halogens is 3. The Morgan fingerprint density at radius 1 is 1.21 bits per heavy atom. The van der Waals surface area contributed by atoms with Crippen molar-refractivity contribution in [1.29, 1.82) is 0 Å². The van der Waals surface area contributed by atoms with Crippen LogP contribution in [0.3, 0.4) is 0 Å². The summed E-state index contributed by atoms with van der Waals surface area (Å²) in [6.07, 6.45) is -2.47. The van der Waals surface area contributed by atoms with Gasteiger partial charge >= 0.3 is 6.18 Å². The van der Waals surface area contributed by atoms with Crippen LogP contribution in [0.15, 0.2) is 35.4 Å². The second-order valence-electron chi connectivity index (χ2n) is 6.59. The topological polar surface area (TPSA) is 52.9 Å². The van der Waals surface area contributed by atoms with Crippen molar-refractivity contribution in [2.75, 3.05) is 0 Å². The summed E-state index contributed by atoms with van der Waals surface area (Å²) in [5.41, 5.74) is -4.63. The highest BCUT2D eigenvalue weighted by atomic mass is 19.4. The SMILES string of the molecule is C[C@]12CCCCCC1=NN(C(=O)c1ccccc1)[C@]2(O)C(F)(F)F. The predicted octanol–water partition coefficient (Wildman–Crippen LogP) is 3.72. The molecule has 0 bridgehead atoms. The quantitative estimate of drug-likeness (QED) is 0.847. The average molecular weight is 340 g/mol. The number of benzene rings is 1. The number of rotatable bonds is 1. The smallest absolute Gasteiger partial charge is 0.361 e. The summed E-state index contributed by atoms with van der Waals surface area (Å²) < 4.78 is 41.7. The third kappa shape index (κ3) is 2.25. The minimum absolute atomic E-state index is 0.0598. The van der Waals surface area contributed by atoms with E-state index in [0.717, 1.165) is 6.42 Å². The predicted molar refractivity (Wildman–Crippen MR) is 82.2 cm³/mol. The van der Waals surface area contributed by atoms with Crippen LogP contribution in [0, 0.1) is 5.41 Å². The van der Waals surface area contributed by atoms with Crippen molar-refractivity contribution in [2.24, 2.45) is 10.5 Å². The highest BCUT2D eigenvalue weighted by Gasteiger charge is 2.73. The molecule has 3 rings (SSSR count). The third-order valence-corrected chi connectivity index (χ3v) is 5.13. The molecule has 0 saturated heterocycles. The maximum atomic E-state index is 13.9.